The average Bonchev–Trinajstić information content (AvgIpc) is 2.26. The van der Waals surface area contributed by atoms with Gasteiger partial charge < -0.3 is 9.84 Å². The zero-order valence-electron chi connectivity index (χ0n) is 9.32. The van der Waals surface area contributed by atoms with Crippen molar-refractivity contribution in [1.82, 2.24) is 0 Å². The predicted octanol–water partition coefficient (Wildman–Crippen LogP) is 1.85. The van der Waals surface area contributed by atoms with Crippen molar-refractivity contribution in [2.75, 3.05) is 7.11 Å². The number of aliphatic imine (C=N–C) groups is 1. The smallest absolute Gasteiger partial charge is 0.393 e. The molecule has 0 bridgehead atoms. The highest BCUT2D eigenvalue weighted by atomic mass is 19.4. The number of benzene rings is 1. The van der Waals surface area contributed by atoms with E-state index < -0.39 is 18.5 Å². The minimum Gasteiger partial charge on any atom is -0.861 e. The van der Waals surface area contributed by atoms with Gasteiger partial charge in [0.1, 0.15) is 17.7 Å². The quantitative estimate of drug-likeness (QED) is 0.471. The van der Waals surface area contributed by atoms with Crippen LogP contribution in [0.1, 0.15) is 16.8 Å². The average molecular weight is 260 g/mol. The molecule has 0 unspecified atom stereocenters. The van der Waals surface area contributed by atoms with Crippen LogP contribution in [0.4, 0.5) is 18.9 Å². The lowest BCUT2D eigenvalue weighted by Crippen LogP contribution is -2.25. The van der Waals surface area contributed by atoms with Crippen molar-refractivity contribution in [2.45, 2.75) is 12.6 Å². The maximum Gasteiger partial charge on any atom is 0.393 e. The number of halogens is 3. The Hall–Kier alpha value is -2.05. The van der Waals surface area contributed by atoms with E-state index >= 15 is 0 Å². The van der Waals surface area contributed by atoms with Gasteiger partial charge in [0.2, 0.25) is 0 Å². The van der Waals surface area contributed by atoms with Gasteiger partial charge in [-0.25, -0.2) is 0 Å². The zero-order chi connectivity index (χ0) is 13.8. The van der Waals surface area contributed by atoms with Gasteiger partial charge in [0.25, 0.3) is 0 Å². The third kappa shape index (κ3) is 4.08. The summed E-state index contributed by atoms with van der Waals surface area (Å²) >= 11 is 0. The molecular weight excluding hydrogens is 251 g/mol. The van der Waals surface area contributed by atoms with Crippen molar-refractivity contribution >= 4 is 17.9 Å². The number of alkyl halides is 3. The molecule has 0 saturated carbocycles. The summed E-state index contributed by atoms with van der Waals surface area (Å²) in [5, 5.41) is 11.1. The first-order valence-corrected chi connectivity index (χ1v) is 4.80. The Balaban J connectivity index is 3.07. The van der Waals surface area contributed by atoms with Crippen molar-refractivity contribution in [3.63, 3.8) is 0 Å². The predicted molar refractivity (Wildman–Crippen MR) is 56.1 cm³/mol. The van der Waals surface area contributed by atoms with Crippen LogP contribution in [0.2, 0.25) is 0 Å². The fraction of sp³-hybridized carbons (Fsp3) is 0.273. The first-order valence-electron chi connectivity index (χ1n) is 4.80. The van der Waals surface area contributed by atoms with Crippen LogP contribution in [-0.2, 0) is 0 Å². The molecular formula is C11H9F3NO3-. The monoisotopic (exact) mass is 260 g/mol. The highest BCUT2D eigenvalue weighted by Gasteiger charge is 2.26. The van der Waals surface area contributed by atoms with Crippen LogP contribution in [0.5, 0.6) is 5.75 Å². The molecule has 0 aliphatic heterocycles. The second-order valence-corrected chi connectivity index (χ2v) is 3.35. The van der Waals surface area contributed by atoms with E-state index in [0.717, 1.165) is 0 Å². The molecule has 0 aliphatic rings. The third-order valence-electron chi connectivity index (χ3n) is 1.94. The highest BCUT2D eigenvalue weighted by molar-refractivity contribution is 5.81. The first kappa shape index (κ1) is 14.0. The third-order valence-corrected chi connectivity index (χ3v) is 1.94. The van der Waals surface area contributed by atoms with Crippen LogP contribution in [0, 0.1) is 0 Å². The Morgan fingerprint density at radius 3 is 2.67 bits per heavy atom. The number of methoxy groups -OCH3 is 1. The van der Waals surface area contributed by atoms with Gasteiger partial charge in [0.15, 0.2) is 0 Å². The van der Waals surface area contributed by atoms with Crippen molar-refractivity contribution in [1.29, 1.82) is 0 Å². The van der Waals surface area contributed by atoms with Crippen LogP contribution < -0.4 is 9.84 Å². The van der Waals surface area contributed by atoms with Gasteiger partial charge in [-0.1, -0.05) is 0 Å². The van der Waals surface area contributed by atoms with Crippen molar-refractivity contribution < 1.29 is 27.8 Å². The topological polar surface area (TPSA) is 61.7 Å². The van der Waals surface area contributed by atoms with Gasteiger partial charge in [-0.15, -0.1) is 0 Å². The minimum atomic E-state index is -4.61. The van der Waals surface area contributed by atoms with Crippen molar-refractivity contribution in [3.8, 4) is 5.75 Å². The summed E-state index contributed by atoms with van der Waals surface area (Å²) in [5.41, 5.74) is 0.0886. The van der Waals surface area contributed by atoms with E-state index in [4.69, 9.17) is 4.74 Å². The summed E-state index contributed by atoms with van der Waals surface area (Å²) in [4.78, 5) is 13.8. The van der Waals surface area contributed by atoms with Gasteiger partial charge in [-0.3, -0.25) is 9.79 Å². The largest absolute Gasteiger partial charge is 0.861 e. The number of carbonyl (C=O) groups is 1. The molecule has 1 aromatic rings. The van der Waals surface area contributed by atoms with E-state index in [1.54, 1.807) is 0 Å². The summed E-state index contributed by atoms with van der Waals surface area (Å²) in [7, 11) is 1.28. The second-order valence-electron chi connectivity index (χ2n) is 3.35. The lowest BCUT2D eigenvalue weighted by molar-refractivity contribution is -0.232. The summed E-state index contributed by atoms with van der Waals surface area (Å²) in [6.45, 7) is 0. The standard InChI is InChI=1S/C11H10F3NO3/c1-18-9-3-2-7(6-16)4-8(9)15-10(17)5-11(12,13)14/h2-4,6H,5H2,1H3,(H,15,17)/p-1. The van der Waals surface area contributed by atoms with E-state index in [9.17, 15) is 23.1 Å². The number of aldehydes is 1. The fourth-order valence-corrected chi connectivity index (χ4v) is 1.21. The Kier molecular flexibility index (Phi) is 4.30. The molecule has 0 atom stereocenters. The highest BCUT2D eigenvalue weighted by Crippen LogP contribution is 2.29. The zero-order valence-corrected chi connectivity index (χ0v) is 9.32. The normalized spacial score (nSPS) is 12.3. The Morgan fingerprint density at radius 2 is 2.17 bits per heavy atom. The number of carbonyl (C=O) groups excluding carboxylic acids is 1. The molecule has 1 aromatic carbocycles. The Bertz CT molecular complexity index is 469. The minimum absolute atomic E-state index is 0.101. The van der Waals surface area contributed by atoms with Crippen molar-refractivity contribution in [2.24, 2.45) is 4.99 Å². The summed E-state index contributed by atoms with van der Waals surface area (Å²) in [6, 6.07) is 3.93. The van der Waals surface area contributed by atoms with Crippen LogP contribution >= 0.6 is 0 Å². The fourth-order valence-electron chi connectivity index (χ4n) is 1.21. The summed E-state index contributed by atoms with van der Waals surface area (Å²) < 4.78 is 40.7. The molecule has 4 nitrogen and oxygen atoms in total. The number of nitrogens with zero attached hydrogens (tertiary/aromatic N) is 1. The summed E-state index contributed by atoms with van der Waals surface area (Å²) in [5.74, 6) is -1.22. The number of hydrogen-bond donors (Lipinski definition) is 0. The van der Waals surface area contributed by atoms with Gasteiger partial charge in [-0.2, -0.15) is 13.2 Å². The maximum absolute atomic E-state index is 12.0. The maximum atomic E-state index is 12.0. The molecule has 1 rings (SSSR count). The van der Waals surface area contributed by atoms with Crippen LogP contribution in [0.15, 0.2) is 23.2 Å². The molecule has 0 saturated heterocycles. The molecule has 0 aromatic heterocycles. The van der Waals surface area contributed by atoms with E-state index in [-0.39, 0.29) is 17.0 Å². The molecule has 0 amide bonds. The molecule has 0 fully saturated rings. The molecule has 7 heteroatoms. The second kappa shape index (κ2) is 5.52. The number of ether oxygens (including phenoxy) is 1. The molecule has 0 radical (unpaired) electrons. The van der Waals surface area contributed by atoms with Gasteiger partial charge >= 0.3 is 6.18 Å². The molecule has 0 N–H and O–H groups in total. The number of hydrogen-bond acceptors (Lipinski definition) is 4. The lowest BCUT2D eigenvalue weighted by Gasteiger charge is -2.14. The van der Waals surface area contributed by atoms with E-state index in [1.165, 1.54) is 25.3 Å². The van der Waals surface area contributed by atoms with E-state index in [1.807, 2.05) is 0 Å². The SMILES string of the molecule is COc1ccc(C=O)cc1N=C([O-])CC(F)(F)F. The van der Waals surface area contributed by atoms with Gasteiger partial charge in [-0.05, 0) is 24.1 Å². The van der Waals surface area contributed by atoms with E-state index in [0.29, 0.717) is 6.29 Å². The Labute approximate surface area is 101 Å². The first-order chi connectivity index (χ1) is 8.35. The summed E-state index contributed by atoms with van der Waals surface area (Å²) in [6.07, 6.45) is -5.77. The molecule has 0 spiro atoms. The molecule has 98 valence electrons. The van der Waals surface area contributed by atoms with Crippen LogP contribution in [0.25, 0.3) is 0 Å². The van der Waals surface area contributed by atoms with Crippen LogP contribution in [0.3, 0.4) is 0 Å². The van der Waals surface area contributed by atoms with Gasteiger partial charge in [0, 0.05) is 5.56 Å². The Morgan fingerprint density at radius 1 is 1.50 bits per heavy atom. The number of rotatable bonds is 4. The lowest BCUT2D eigenvalue weighted by atomic mass is 10.2. The van der Waals surface area contributed by atoms with Crippen LogP contribution in [-0.4, -0.2) is 25.5 Å². The van der Waals surface area contributed by atoms with Gasteiger partial charge in [0.05, 0.1) is 13.5 Å². The van der Waals surface area contributed by atoms with E-state index in [2.05, 4.69) is 4.99 Å². The molecule has 0 heterocycles. The molecule has 0 aliphatic carbocycles. The molecule has 18 heavy (non-hydrogen) atoms. The van der Waals surface area contributed by atoms with Crippen molar-refractivity contribution in [3.05, 3.63) is 23.8 Å².